The Kier molecular flexibility index (Phi) is 6.75. The van der Waals surface area contributed by atoms with Crippen molar-refractivity contribution >= 4 is 40.9 Å². The molecule has 6 nitrogen and oxygen atoms in total. The molecule has 1 aliphatic rings. The predicted octanol–water partition coefficient (Wildman–Crippen LogP) is 6.43. The number of thioether (sulfide) groups is 1. The van der Waals surface area contributed by atoms with Crippen LogP contribution >= 0.6 is 23.4 Å². The number of carbonyl (C=O) groups is 1. The molecule has 5 rings (SSSR count). The van der Waals surface area contributed by atoms with E-state index < -0.39 is 11.9 Å². The zero-order valence-corrected chi connectivity index (χ0v) is 20.6. The van der Waals surface area contributed by atoms with Crippen molar-refractivity contribution in [2.24, 2.45) is 0 Å². The first-order chi connectivity index (χ1) is 17.4. The van der Waals surface area contributed by atoms with Gasteiger partial charge in [-0.15, -0.1) is 5.10 Å². The number of fused-ring (bicyclic) bond motifs is 1. The van der Waals surface area contributed by atoms with Crippen molar-refractivity contribution < 1.29 is 13.6 Å². The minimum atomic E-state index is -0.663. The van der Waals surface area contributed by atoms with Crippen molar-refractivity contribution in [3.8, 4) is 0 Å². The van der Waals surface area contributed by atoms with Gasteiger partial charge in [-0.2, -0.15) is 4.98 Å². The van der Waals surface area contributed by atoms with E-state index in [4.69, 9.17) is 11.6 Å². The number of hydrogen-bond donors (Lipinski definition) is 2. The van der Waals surface area contributed by atoms with Crippen molar-refractivity contribution in [1.82, 2.24) is 14.8 Å². The highest BCUT2D eigenvalue weighted by Gasteiger charge is 2.34. The summed E-state index contributed by atoms with van der Waals surface area (Å²) >= 11 is 7.38. The van der Waals surface area contributed by atoms with Gasteiger partial charge in [0.2, 0.25) is 11.1 Å². The lowest BCUT2D eigenvalue weighted by atomic mass is 9.95. The third-order valence-corrected chi connectivity index (χ3v) is 6.92. The lowest BCUT2D eigenvalue weighted by molar-refractivity contribution is -0.113. The SMILES string of the molecule is CC1=C(C(=O)Nc2ccccc2)[C@H](c2ccc(F)cc2)n2nc(SCc3c(F)cccc3Cl)nc2N1. The van der Waals surface area contributed by atoms with Gasteiger partial charge in [0, 0.05) is 27.7 Å². The monoisotopic (exact) mass is 523 g/mol. The summed E-state index contributed by atoms with van der Waals surface area (Å²) in [6, 6.07) is 18.9. The molecule has 2 heterocycles. The highest BCUT2D eigenvalue weighted by molar-refractivity contribution is 7.98. The number of para-hydroxylation sites is 1. The number of rotatable bonds is 6. The first-order valence-electron chi connectivity index (χ1n) is 11.0. The van der Waals surface area contributed by atoms with Crippen molar-refractivity contribution in [1.29, 1.82) is 0 Å². The van der Waals surface area contributed by atoms with Gasteiger partial charge in [0.1, 0.15) is 17.7 Å². The fraction of sp³-hybridized carbons (Fsp3) is 0.115. The van der Waals surface area contributed by atoms with E-state index in [1.54, 1.807) is 48.0 Å². The van der Waals surface area contributed by atoms with E-state index in [9.17, 15) is 13.6 Å². The average molecular weight is 524 g/mol. The maximum absolute atomic E-state index is 14.2. The molecule has 0 aliphatic carbocycles. The van der Waals surface area contributed by atoms with Gasteiger partial charge in [-0.25, -0.2) is 13.5 Å². The van der Waals surface area contributed by atoms with Gasteiger partial charge in [-0.1, -0.05) is 59.8 Å². The Morgan fingerprint density at radius 2 is 1.83 bits per heavy atom. The fourth-order valence-electron chi connectivity index (χ4n) is 3.97. The Labute approximate surface area is 215 Å². The lowest BCUT2D eigenvalue weighted by Gasteiger charge is -2.28. The molecule has 1 amide bonds. The van der Waals surface area contributed by atoms with Crippen LogP contribution in [0.1, 0.15) is 24.1 Å². The van der Waals surface area contributed by atoms with E-state index >= 15 is 0 Å². The third-order valence-electron chi connectivity index (χ3n) is 5.70. The first kappa shape index (κ1) is 24.0. The van der Waals surface area contributed by atoms with Crippen LogP contribution < -0.4 is 10.6 Å². The van der Waals surface area contributed by atoms with Gasteiger partial charge in [0.15, 0.2) is 0 Å². The smallest absolute Gasteiger partial charge is 0.255 e. The molecule has 1 atom stereocenters. The molecule has 0 radical (unpaired) electrons. The molecule has 4 aromatic rings. The van der Waals surface area contributed by atoms with Gasteiger partial charge < -0.3 is 10.6 Å². The highest BCUT2D eigenvalue weighted by Crippen LogP contribution is 2.37. The number of nitrogens with one attached hydrogen (secondary N) is 2. The molecule has 0 bridgehead atoms. The molecule has 0 saturated heterocycles. The van der Waals surface area contributed by atoms with E-state index in [-0.39, 0.29) is 17.5 Å². The van der Waals surface area contributed by atoms with E-state index in [0.29, 0.717) is 44.2 Å². The Bertz CT molecular complexity index is 1440. The number of anilines is 2. The summed E-state index contributed by atoms with van der Waals surface area (Å²) in [5.74, 6) is -0.474. The number of benzene rings is 3. The van der Waals surface area contributed by atoms with Gasteiger partial charge in [0.25, 0.3) is 5.91 Å². The Morgan fingerprint density at radius 1 is 1.08 bits per heavy atom. The quantitative estimate of drug-likeness (QED) is 0.285. The van der Waals surface area contributed by atoms with Gasteiger partial charge >= 0.3 is 0 Å². The summed E-state index contributed by atoms with van der Waals surface area (Å²) in [5.41, 5.74) is 2.67. The normalized spacial score (nSPS) is 14.8. The summed E-state index contributed by atoms with van der Waals surface area (Å²) in [6.45, 7) is 1.78. The van der Waals surface area contributed by atoms with Crippen LogP contribution in [0, 0.1) is 11.6 Å². The fourth-order valence-corrected chi connectivity index (χ4v) is 5.14. The second kappa shape index (κ2) is 10.1. The summed E-state index contributed by atoms with van der Waals surface area (Å²) in [5, 5.41) is 11.4. The number of amides is 1. The largest absolute Gasteiger partial charge is 0.328 e. The number of allylic oxidation sites excluding steroid dienone is 1. The first-order valence-corrected chi connectivity index (χ1v) is 12.4. The third kappa shape index (κ3) is 4.84. The van der Waals surface area contributed by atoms with Gasteiger partial charge in [0.05, 0.1) is 5.57 Å². The number of hydrogen-bond acceptors (Lipinski definition) is 5. The highest BCUT2D eigenvalue weighted by atomic mass is 35.5. The van der Waals surface area contributed by atoms with E-state index in [2.05, 4.69) is 20.7 Å². The Morgan fingerprint density at radius 3 is 2.56 bits per heavy atom. The van der Waals surface area contributed by atoms with Crippen LogP contribution in [0.2, 0.25) is 5.02 Å². The standard InChI is InChI=1S/C26H20ClF2N5OS/c1-15-22(24(35)31-18-6-3-2-4-7-18)23(16-10-12-17(28)13-11-16)34-25(30-15)32-26(33-34)36-14-19-20(27)8-5-9-21(19)29/h2-13,23H,14H2,1H3,(H,31,35)(H,30,32,33)/t23-/m0/s1. The molecule has 182 valence electrons. The van der Waals surface area contributed by atoms with E-state index in [0.717, 1.165) is 0 Å². The van der Waals surface area contributed by atoms with Gasteiger partial charge in [-0.05, 0) is 48.9 Å². The molecule has 36 heavy (non-hydrogen) atoms. The molecular formula is C26H20ClF2N5OS. The van der Waals surface area contributed by atoms with Crippen molar-refractivity contribution in [3.63, 3.8) is 0 Å². The maximum Gasteiger partial charge on any atom is 0.255 e. The number of nitrogens with zero attached hydrogens (tertiary/aromatic N) is 3. The molecule has 10 heteroatoms. The van der Waals surface area contributed by atoms with Crippen LogP contribution in [0.3, 0.4) is 0 Å². The topological polar surface area (TPSA) is 71.8 Å². The lowest BCUT2D eigenvalue weighted by Crippen LogP contribution is -2.31. The van der Waals surface area contributed by atoms with E-state index in [1.807, 2.05) is 18.2 Å². The van der Waals surface area contributed by atoms with Gasteiger partial charge in [-0.3, -0.25) is 4.79 Å². The maximum atomic E-state index is 14.2. The van der Waals surface area contributed by atoms with Crippen molar-refractivity contribution in [3.05, 3.63) is 112 Å². The van der Waals surface area contributed by atoms with Crippen LogP contribution in [0.5, 0.6) is 0 Å². The number of carbonyl (C=O) groups excluding carboxylic acids is 1. The second-order valence-electron chi connectivity index (χ2n) is 8.09. The second-order valence-corrected chi connectivity index (χ2v) is 9.44. The minimum Gasteiger partial charge on any atom is -0.328 e. The minimum absolute atomic E-state index is 0.226. The molecule has 0 fully saturated rings. The van der Waals surface area contributed by atoms with Crippen LogP contribution in [-0.2, 0) is 10.5 Å². The number of halogens is 3. The molecule has 0 saturated carbocycles. The Hall–Kier alpha value is -3.69. The number of aromatic nitrogens is 3. The molecular weight excluding hydrogens is 504 g/mol. The van der Waals surface area contributed by atoms with E-state index in [1.165, 1.54) is 30.0 Å². The molecule has 0 unspecified atom stereocenters. The molecule has 1 aliphatic heterocycles. The molecule has 3 aromatic carbocycles. The summed E-state index contributed by atoms with van der Waals surface area (Å²) in [7, 11) is 0. The summed E-state index contributed by atoms with van der Waals surface area (Å²) in [4.78, 5) is 18.0. The van der Waals surface area contributed by atoms with Crippen LogP contribution in [0.4, 0.5) is 20.4 Å². The summed E-state index contributed by atoms with van der Waals surface area (Å²) in [6.07, 6.45) is 0. The van der Waals surface area contributed by atoms with Crippen molar-refractivity contribution in [2.45, 2.75) is 23.9 Å². The average Bonchev–Trinajstić information content (AvgIpc) is 3.26. The summed E-state index contributed by atoms with van der Waals surface area (Å²) < 4.78 is 29.5. The van der Waals surface area contributed by atoms with Crippen LogP contribution in [0.25, 0.3) is 0 Å². The zero-order valence-electron chi connectivity index (χ0n) is 19.0. The molecule has 0 spiro atoms. The zero-order chi connectivity index (χ0) is 25.2. The molecule has 2 N–H and O–H groups in total. The van der Waals surface area contributed by atoms with Crippen LogP contribution in [-0.4, -0.2) is 20.7 Å². The van der Waals surface area contributed by atoms with Crippen molar-refractivity contribution in [2.75, 3.05) is 10.6 Å². The Balaban J connectivity index is 1.49. The predicted molar refractivity (Wildman–Crippen MR) is 137 cm³/mol. The van der Waals surface area contributed by atoms with Crippen LogP contribution in [0.15, 0.2) is 89.2 Å². The molecule has 1 aromatic heterocycles.